The van der Waals surface area contributed by atoms with Crippen molar-refractivity contribution in [2.75, 3.05) is 11.1 Å². The second-order valence-corrected chi connectivity index (χ2v) is 12.8. The molecule has 39 heavy (non-hydrogen) atoms. The first-order valence-corrected chi connectivity index (χ1v) is 14.6. The SMILES string of the molecule is CC(=O)OC(C)(C)C.Nc1nc(Cl)nc2c1ncn2C1CCC(C(=O)Nc2nc3c(s2)[C@H]2CC[C@@H](C3)N2)CC1. The van der Waals surface area contributed by atoms with Crippen molar-refractivity contribution in [3.63, 3.8) is 0 Å². The molecule has 1 aliphatic carbocycles. The van der Waals surface area contributed by atoms with Crippen LogP contribution in [0, 0.1) is 5.92 Å². The lowest BCUT2D eigenvalue weighted by Gasteiger charge is -2.28. The maximum atomic E-state index is 12.9. The number of amides is 1. The van der Waals surface area contributed by atoms with Gasteiger partial charge in [0.25, 0.3) is 0 Å². The number of fused-ring (bicyclic) bond motifs is 5. The Morgan fingerprint density at radius 2 is 1.90 bits per heavy atom. The van der Waals surface area contributed by atoms with Crippen molar-refractivity contribution < 1.29 is 14.3 Å². The summed E-state index contributed by atoms with van der Waals surface area (Å²) in [5.41, 5.74) is 7.98. The zero-order valence-electron chi connectivity index (χ0n) is 22.7. The fourth-order valence-corrected chi connectivity index (χ4v) is 6.95. The van der Waals surface area contributed by atoms with Crippen molar-refractivity contribution in [1.29, 1.82) is 0 Å². The molecule has 13 heteroatoms. The Morgan fingerprint density at radius 3 is 2.56 bits per heavy atom. The number of hydrogen-bond donors (Lipinski definition) is 3. The van der Waals surface area contributed by atoms with E-state index >= 15 is 0 Å². The third-order valence-electron chi connectivity index (χ3n) is 7.29. The van der Waals surface area contributed by atoms with Gasteiger partial charge in [-0.15, -0.1) is 0 Å². The minimum Gasteiger partial charge on any atom is -0.460 e. The van der Waals surface area contributed by atoms with E-state index in [0.29, 0.717) is 23.2 Å². The van der Waals surface area contributed by atoms with Crippen LogP contribution in [0.25, 0.3) is 11.2 Å². The molecule has 3 aromatic rings. The molecule has 1 saturated carbocycles. The summed E-state index contributed by atoms with van der Waals surface area (Å²) in [5, 5.41) is 7.59. The second kappa shape index (κ2) is 11.0. The maximum Gasteiger partial charge on any atom is 0.303 e. The van der Waals surface area contributed by atoms with Crippen LogP contribution < -0.4 is 16.4 Å². The van der Waals surface area contributed by atoms with Crippen molar-refractivity contribution in [3.8, 4) is 0 Å². The van der Waals surface area contributed by atoms with Gasteiger partial charge in [-0.25, -0.2) is 9.97 Å². The average molecular weight is 575 g/mol. The van der Waals surface area contributed by atoms with Crippen LogP contribution in [0.5, 0.6) is 0 Å². The van der Waals surface area contributed by atoms with Crippen LogP contribution in [0.3, 0.4) is 0 Å². The number of carbonyl (C=O) groups is 2. The summed E-state index contributed by atoms with van der Waals surface area (Å²) in [6, 6.07) is 1.19. The van der Waals surface area contributed by atoms with Crippen LogP contribution >= 0.6 is 22.9 Å². The number of imidazole rings is 1. The van der Waals surface area contributed by atoms with Gasteiger partial charge in [0.2, 0.25) is 11.2 Å². The highest BCUT2D eigenvalue weighted by Gasteiger charge is 2.35. The maximum absolute atomic E-state index is 12.9. The molecule has 6 rings (SSSR count). The van der Waals surface area contributed by atoms with Crippen LogP contribution in [0.1, 0.15) is 88.9 Å². The summed E-state index contributed by atoms with van der Waals surface area (Å²) in [7, 11) is 0. The summed E-state index contributed by atoms with van der Waals surface area (Å²) in [4.78, 5) is 41.8. The molecule has 0 radical (unpaired) electrons. The van der Waals surface area contributed by atoms with Gasteiger partial charge in [-0.1, -0.05) is 11.3 Å². The highest BCUT2D eigenvalue weighted by molar-refractivity contribution is 7.16. The highest BCUT2D eigenvalue weighted by Crippen LogP contribution is 2.41. The van der Waals surface area contributed by atoms with Gasteiger partial charge in [0.15, 0.2) is 16.6 Å². The van der Waals surface area contributed by atoms with Gasteiger partial charge >= 0.3 is 5.97 Å². The van der Waals surface area contributed by atoms with Crippen LogP contribution in [0.15, 0.2) is 6.33 Å². The molecule has 0 unspecified atom stereocenters. The van der Waals surface area contributed by atoms with Crippen LogP contribution in [-0.2, 0) is 20.7 Å². The van der Waals surface area contributed by atoms with Gasteiger partial charge in [0.05, 0.1) is 12.0 Å². The number of halogens is 1. The predicted molar refractivity (Wildman–Crippen MR) is 151 cm³/mol. The van der Waals surface area contributed by atoms with E-state index in [0.717, 1.165) is 37.2 Å². The van der Waals surface area contributed by atoms with E-state index in [9.17, 15) is 9.59 Å². The number of ether oxygens (including phenoxy) is 1. The number of nitrogens with two attached hydrogens (primary N) is 1. The van der Waals surface area contributed by atoms with E-state index in [1.54, 1.807) is 17.7 Å². The van der Waals surface area contributed by atoms with E-state index in [-0.39, 0.29) is 40.5 Å². The molecule has 0 aromatic carbocycles. The summed E-state index contributed by atoms with van der Waals surface area (Å²) in [5.74, 6) is 0.131. The molecule has 3 aliphatic rings. The number of anilines is 2. The molecule has 2 bridgehead atoms. The zero-order chi connectivity index (χ0) is 27.9. The lowest BCUT2D eigenvalue weighted by Crippen LogP contribution is -2.31. The van der Waals surface area contributed by atoms with E-state index in [2.05, 4.69) is 25.6 Å². The van der Waals surface area contributed by atoms with Gasteiger partial charge < -0.3 is 25.7 Å². The van der Waals surface area contributed by atoms with E-state index in [1.165, 1.54) is 30.3 Å². The number of hydrogen-bond acceptors (Lipinski definition) is 10. The number of nitrogen functional groups attached to an aromatic ring is 1. The molecule has 1 saturated heterocycles. The largest absolute Gasteiger partial charge is 0.460 e. The smallest absolute Gasteiger partial charge is 0.303 e. The lowest BCUT2D eigenvalue weighted by molar-refractivity contribution is -0.151. The number of thiazole rings is 1. The Morgan fingerprint density at radius 1 is 1.15 bits per heavy atom. The molecule has 4 N–H and O–H groups in total. The molecule has 0 spiro atoms. The minimum absolute atomic E-state index is 0.00942. The van der Waals surface area contributed by atoms with Crippen molar-refractivity contribution in [2.24, 2.45) is 5.92 Å². The summed E-state index contributed by atoms with van der Waals surface area (Å²) >= 11 is 7.62. The van der Waals surface area contributed by atoms with Crippen molar-refractivity contribution in [1.82, 2.24) is 29.8 Å². The Bertz CT molecular complexity index is 1380. The molecule has 5 heterocycles. The topological polar surface area (TPSA) is 150 Å². The van der Waals surface area contributed by atoms with Crippen LogP contribution in [0.2, 0.25) is 5.28 Å². The van der Waals surface area contributed by atoms with Crippen LogP contribution in [0.4, 0.5) is 10.9 Å². The van der Waals surface area contributed by atoms with Crippen LogP contribution in [-0.4, -0.2) is 48.0 Å². The summed E-state index contributed by atoms with van der Waals surface area (Å²) < 4.78 is 6.82. The Balaban J connectivity index is 0.000000339. The predicted octanol–water partition coefficient (Wildman–Crippen LogP) is 4.59. The molecular formula is C26H35ClN8O3S. The van der Waals surface area contributed by atoms with Crippen molar-refractivity contribution in [3.05, 3.63) is 22.2 Å². The first-order valence-electron chi connectivity index (χ1n) is 13.4. The molecule has 2 aliphatic heterocycles. The lowest BCUT2D eigenvalue weighted by atomic mass is 9.85. The van der Waals surface area contributed by atoms with Gasteiger partial charge in [-0.05, 0) is 70.9 Å². The molecular weight excluding hydrogens is 540 g/mol. The number of carbonyl (C=O) groups excluding carboxylic acids is 2. The quantitative estimate of drug-likeness (QED) is 0.301. The Kier molecular flexibility index (Phi) is 7.80. The van der Waals surface area contributed by atoms with Crippen molar-refractivity contribution >= 4 is 56.9 Å². The van der Waals surface area contributed by atoms with Gasteiger partial charge in [0, 0.05) is 42.3 Å². The van der Waals surface area contributed by atoms with Crippen molar-refractivity contribution in [2.45, 2.75) is 96.4 Å². The molecule has 2 fully saturated rings. The highest BCUT2D eigenvalue weighted by atomic mass is 35.5. The Labute approximate surface area is 236 Å². The fourth-order valence-electron chi connectivity index (χ4n) is 5.69. The van der Waals surface area contributed by atoms with E-state index in [4.69, 9.17) is 27.1 Å². The minimum atomic E-state index is -0.328. The number of nitrogens with zero attached hydrogens (tertiary/aromatic N) is 5. The summed E-state index contributed by atoms with van der Waals surface area (Å²) in [6.45, 7) is 6.93. The average Bonchev–Trinajstić information content (AvgIpc) is 3.56. The third-order valence-corrected chi connectivity index (χ3v) is 8.58. The fraction of sp³-hybridized carbons (Fsp3) is 0.615. The van der Waals surface area contributed by atoms with Gasteiger partial charge in [0.1, 0.15) is 11.1 Å². The normalized spacial score (nSPS) is 24.0. The zero-order valence-corrected chi connectivity index (χ0v) is 24.2. The molecule has 2 atom stereocenters. The first-order chi connectivity index (χ1) is 18.5. The third kappa shape index (κ3) is 6.33. The Hall–Kier alpha value is -2.83. The molecule has 1 amide bonds. The monoisotopic (exact) mass is 574 g/mol. The van der Waals surface area contributed by atoms with E-state index in [1.807, 2.05) is 25.3 Å². The number of rotatable bonds is 3. The van der Waals surface area contributed by atoms with E-state index < -0.39 is 0 Å². The van der Waals surface area contributed by atoms with Gasteiger partial charge in [-0.2, -0.15) is 9.97 Å². The number of esters is 1. The standard InChI is InChI=1S/C20H23ClN8OS.C6H12O2/c21-19-26-16(22)14-17(27-19)29(8-23-14)11-4-1-9(2-5-11)18(30)28-20-25-13-7-10-3-6-12(24-10)15(13)31-20;1-5(7)8-6(2,3)4/h8-12,24H,1-7H2,(H2,22,26,27)(H,25,28,30);1-4H3/t9?,10-,11?,12+;/m0./s1. The number of aromatic nitrogens is 5. The second-order valence-electron chi connectivity index (χ2n) is 11.4. The molecule has 11 nitrogen and oxygen atoms in total. The molecule has 3 aromatic heterocycles. The summed E-state index contributed by atoms with van der Waals surface area (Å²) in [6.07, 6.45) is 8.46. The molecule has 210 valence electrons. The first kappa shape index (κ1) is 27.7. The number of nitrogens with one attached hydrogen (secondary N) is 2. The van der Waals surface area contributed by atoms with Gasteiger partial charge in [-0.3, -0.25) is 9.59 Å².